The lowest BCUT2D eigenvalue weighted by atomic mass is 10.3. The van der Waals surface area contributed by atoms with Gasteiger partial charge in [0, 0.05) is 6.20 Å². The molecule has 0 saturated heterocycles. The van der Waals surface area contributed by atoms with Crippen molar-refractivity contribution in [1.29, 1.82) is 0 Å². The van der Waals surface area contributed by atoms with Gasteiger partial charge in [-0.25, -0.2) is 4.98 Å². The van der Waals surface area contributed by atoms with Crippen molar-refractivity contribution in [3.63, 3.8) is 0 Å². The van der Waals surface area contributed by atoms with Crippen LogP contribution in [-0.2, 0) is 9.53 Å². The van der Waals surface area contributed by atoms with Crippen LogP contribution in [0.15, 0.2) is 18.3 Å². The zero-order valence-corrected chi connectivity index (χ0v) is 11.8. The van der Waals surface area contributed by atoms with Crippen molar-refractivity contribution in [2.75, 3.05) is 11.9 Å². The lowest BCUT2D eigenvalue weighted by molar-refractivity contribution is -0.126. The fraction of sp³-hybridized carbons (Fsp3) is 0.500. The lowest BCUT2D eigenvalue weighted by Gasteiger charge is -2.13. The quantitative estimate of drug-likeness (QED) is 0.834. The molecule has 1 N–H and O–H groups in total. The van der Waals surface area contributed by atoms with Crippen LogP contribution in [0, 0.1) is 9.49 Å². The molecule has 0 unspecified atom stereocenters. The molecule has 1 aliphatic rings. The van der Waals surface area contributed by atoms with Gasteiger partial charge < -0.3 is 10.1 Å². The normalized spacial score (nSPS) is 16.6. The van der Waals surface area contributed by atoms with Gasteiger partial charge in [-0.3, -0.25) is 4.79 Å². The molecule has 17 heavy (non-hydrogen) atoms. The van der Waals surface area contributed by atoms with Crippen LogP contribution in [0.5, 0.6) is 0 Å². The molecule has 2 rings (SSSR count). The highest BCUT2D eigenvalue weighted by Crippen LogP contribution is 2.29. The number of hydrogen-bond acceptors (Lipinski definition) is 3. The van der Waals surface area contributed by atoms with Crippen LogP contribution in [0.25, 0.3) is 0 Å². The molecule has 0 aromatic carbocycles. The fourth-order valence-corrected chi connectivity index (χ4v) is 1.82. The SMILES string of the molecule is C[C@@H](OCC1CC1)C(=O)Nc1ncccc1I. The van der Waals surface area contributed by atoms with E-state index in [-0.39, 0.29) is 5.91 Å². The van der Waals surface area contributed by atoms with Gasteiger partial charge in [0.05, 0.1) is 10.2 Å². The number of pyridine rings is 1. The van der Waals surface area contributed by atoms with Crippen LogP contribution in [0.1, 0.15) is 19.8 Å². The molecule has 0 bridgehead atoms. The first-order chi connectivity index (χ1) is 8.16. The third-order valence-electron chi connectivity index (χ3n) is 2.65. The summed E-state index contributed by atoms with van der Waals surface area (Å²) in [5.41, 5.74) is 0. The van der Waals surface area contributed by atoms with E-state index in [0.717, 1.165) is 3.57 Å². The summed E-state index contributed by atoms with van der Waals surface area (Å²) in [7, 11) is 0. The number of amides is 1. The molecule has 1 atom stereocenters. The van der Waals surface area contributed by atoms with Crippen molar-refractivity contribution in [2.45, 2.75) is 25.9 Å². The molecule has 1 fully saturated rings. The number of rotatable bonds is 5. The van der Waals surface area contributed by atoms with Gasteiger partial charge in [-0.15, -0.1) is 0 Å². The average Bonchev–Trinajstić information content (AvgIpc) is 3.13. The minimum atomic E-state index is -0.423. The van der Waals surface area contributed by atoms with Gasteiger partial charge in [0.1, 0.15) is 11.9 Å². The Morgan fingerprint density at radius 2 is 2.47 bits per heavy atom. The van der Waals surface area contributed by atoms with E-state index in [0.29, 0.717) is 18.3 Å². The maximum absolute atomic E-state index is 11.8. The smallest absolute Gasteiger partial charge is 0.254 e. The molecule has 4 nitrogen and oxygen atoms in total. The summed E-state index contributed by atoms with van der Waals surface area (Å²) in [5, 5.41) is 2.77. The van der Waals surface area contributed by atoms with Crippen molar-refractivity contribution in [3.05, 3.63) is 21.9 Å². The first kappa shape index (κ1) is 12.8. The Bertz CT molecular complexity index is 407. The summed E-state index contributed by atoms with van der Waals surface area (Å²) < 4.78 is 6.42. The number of halogens is 1. The van der Waals surface area contributed by atoms with Crippen LogP contribution < -0.4 is 5.32 Å². The molecule has 92 valence electrons. The molecular formula is C12H15IN2O2. The van der Waals surface area contributed by atoms with Crippen LogP contribution in [0.3, 0.4) is 0 Å². The van der Waals surface area contributed by atoms with Gasteiger partial charge >= 0.3 is 0 Å². The molecule has 1 aromatic heterocycles. The molecule has 1 saturated carbocycles. The zero-order valence-electron chi connectivity index (χ0n) is 9.65. The van der Waals surface area contributed by atoms with Crippen molar-refractivity contribution in [3.8, 4) is 0 Å². The predicted molar refractivity (Wildman–Crippen MR) is 73.7 cm³/mol. The summed E-state index contributed by atoms with van der Waals surface area (Å²) in [6.07, 6.45) is 3.69. The molecule has 0 aliphatic heterocycles. The highest BCUT2D eigenvalue weighted by Gasteiger charge is 2.24. The lowest BCUT2D eigenvalue weighted by Crippen LogP contribution is -2.29. The number of carbonyl (C=O) groups is 1. The number of aromatic nitrogens is 1. The summed E-state index contributed by atoms with van der Waals surface area (Å²) in [6, 6.07) is 3.74. The summed E-state index contributed by atoms with van der Waals surface area (Å²) in [4.78, 5) is 15.9. The van der Waals surface area contributed by atoms with Gasteiger partial charge in [-0.05, 0) is 60.4 Å². The first-order valence-electron chi connectivity index (χ1n) is 5.70. The van der Waals surface area contributed by atoms with E-state index in [1.807, 2.05) is 12.1 Å². The molecule has 1 aliphatic carbocycles. The molecule has 1 amide bonds. The van der Waals surface area contributed by atoms with E-state index in [2.05, 4.69) is 32.9 Å². The second kappa shape index (κ2) is 5.77. The van der Waals surface area contributed by atoms with E-state index in [4.69, 9.17) is 4.74 Å². The van der Waals surface area contributed by atoms with E-state index < -0.39 is 6.10 Å². The molecular weight excluding hydrogens is 331 g/mol. The Hall–Kier alpha value is -0.690. The fourth-order valence-electron chi connectivity index (χ4n) is 1.34. The van der Waals surface area contributed by atoms with Crippen LogP contribution in [-0.4, -0.2) is 23.6 Å². The summed E-state index contributed by atoms with van der Waals surface area (Å²) in [6.45, 7) is 2.46. The second-order valence-electron chi connectivity index (χ2n) is 4.24. The predicted octanol–water partition coefficient (Wildman–Crippen LogP) is 2.44. The van der Waals surface area contributed by atoms with Crippen molar-refractivity contribution in [1.82, 2.24) is 4.98 Å². The molecule has 0 radical (unpaired) electrons. The zero-order chi connectivity index (χ0) is 12.3. The van der Waals surface area contributed by atoms with Gasteiger partial charge in [0.2, 0.25) is 0 Å². The molecule has 0 spiro atoms. The topological polar surface area (TPSA) is 51.2 Å². The number of ether oxygens (including phenoxy) is 1. The third kappa shape index (κ3) is 3.92. The van der Waals surface area contributed by atoms with Gasteiger partial charge in [0.25, 0.3) is 5.91 Å². The van der Waals surface area contributed by atoms with Crippen LogP contribution in [0.2, 0.25) is 0 Å². The number of nitrogens with zero attached hydrogens (tertiary/aromatic N) is 1. The minimum absolute atomic E-state index is 0.137. The number of carbonyl (C=O) groups excluding carboxylic acids is 1. The maximum Gasteiger partial charge on any atom is 0.254 e. The van der Waals surface area contributed by atoms with Crippen molar-refractivity contribution in [2.24, 2.45) is 5.92 Å². The Morgan fingerprint density at radius 1 is 1.71 bits per heavy atom. The minimum Gasteiger partial charge on any atom is -0.368 e. The Balaban J connectivity index is 1.84. The number of hydrogen-bond donors (Lipinski definition) is 1. The summed E-state index contributed by atoms with van der Waals surface area (Å²) in [5.74, 6) is 1.13. The Kier molecular flexibility index (Phi) is 4.33. The highest BCUT2D eigenvalue weighted by molar-refractivity contribution is 14.1. The van der Waals surface area contributed by atoms with E-state index in [1.165, 1.54) is 12.8 Å². The van der Waals surface area contributed by atoms with E-state index in [1.54, 1.807) is 13.1 Å². The standard InChI is InChI=1S/C12H15IN2O2/c1-8(17-7-9-4-5-9)12(16)15-11-10(13)3-2-6-14-11/h2-3,6,8-9H,4-5,7H2,1H3,(H,14,15,16)/t8-/m1/s1. The maximum atomic E-state index is 11.8. The molecule has 1 heterocycles. The van der Waals surface area contributed by atoms with E-state index in [9.17, 15) is 4.79 Å². The number of anilines is 1. The Labute approximate surface area is 114 Å². The largest absolute Gasteiger partial charge is 0.368 e. The van der Waals surface area contributed by atoms with Gasteiger partial charge in [0.15, 0.2) is 0 Å². The second-order valence-corrected chi connectivity index (χ2v) is 5.40. The average molecular weight is 346 g/mol. The van der Waals surface area contributed by atoms with Crippen molar-refractivity contribution < 1.29 is 9.53 Å². The molecule has 1 aromatic rings. The third-order valence-corrected chi connectivity index (χ3v) is 3.52. The van der Waals surface area contributed by atoms with Crippen LogP contribution in [0.4, 0.5) is 5.82 Å². The monoisotopic (exact) mass is 346 g/mol. The Morgan fingerprint density at radius 3 is 3.12 bits per heavy atom. The molecule has 5 heteroatoms. The first-order valence-corrected chi connectivity index (χ1v) is 6.77. The highest BCUT2D eigenvalue weighted by atomic mass is 127. The van der Waals surface area contributed by atoms with Gasteiger partial charge in [-0.1, -0.05) is 0 Å². The number of nitrogens with one attached hydrogen (secondary N) is 1. The van der Waals surface area contributed by atoms with Crippen molar-refractivity contribution >= 4 is 34.3 Å². The van der Waals surface area contributed by atoms with E-state index >= 15 is 0 Å². The van der Waals surface area contributed by atoms with Gasteiger partial charge in [-0.2, -0.15) is 0 Å². The summed E-state index contributed by atoms with van der Waals surface area (Å²) >= 11 is 2.14. The van der Waals surface area contributed by atoms with Crippen LogP contribution >= 0.6 is 22.6 Å².